The van der Waals surface area contributed by atoms with Crippen LogP contribution < -0.4 is 5.32 Å². The molecule has 0 radical (unpaired) electrons. The molecule has 0 aliphatic rings. The fraction of sp³-hybridized carbons (Fsp3) is 0.100. The Morgan fingerprint density at radius 1 is 1.11 bits per heavy atom. The molecule has 2 aromatic heterocycles. The Morgan fingerprint density at radius 3 is 2.67 bits per heavy atom. The van der Waals surface area contributed by atoms with Gasteiger partial charge in [0.2, 0.25) is 0 Å². The van der Waals surface area contributed by atoms with E-state index in [1.165, 1.54) is 17.4 Å². The van der Waals surface area contributed by atoms with E-state index in [1.54, 1.807) is 18.2 Å². The molecule has 0 bridgehead atoms. The maximum absolute atomic E-state index is 12.6. The zero-order valence-corrected chi connectivity index (χ0v) is 15.1. The Bertz CT molecular complexity index is 1090. The molecule has 7 heteroatoms. The number of phenolic OH excluding ortho intramolecular Hbond substituents is 2. The fourth-order valence-corrected chi connectivity index (χ4v) is 3.54. The molecule has 1 amide bonds. The molecule has 27 heavy (non-hydrogen) atoms. The van der Waals surface area contributed by atoms with Crippen molar-refractivity contribution < 1.29 is 15.0 Å². The first kappa shape index (κ1) is 17.1. The predicted molar refractivity (Wildman–Crippen MR) is 105 cm³/mol. The summed E-state index contributed by atoms with van der Waals surface area (Å²) in [4.78, 5) is 21.2. The summed E-state index contributed by atoms with van der Waals surface area (Å²) in [6.07, 6.45) is 0.647. The quantitative estimate of drug-likeness (QED) is 0.425. The molecule has 136 valence electrons. The minimum Gasteiger partial charge on any atom is -0.508 e. The number of thiophene rings is 1. The number of nitrogens with zero attached hydrogens (tertiary/aromatic N) is 1. The Hall–Kier alpha value is -3.32. The van der Waals surface area contributed by atoms with Gasteiger partial charge in [0.1, 0.15) is 28.4 Å². The monoisotopic (exact) mass is 379 g/mol. The zero-order chi connectivity index (χ0) is 18.8. The van der Waals surface area contributed by atoms with Gasteiger partial charge in [0, 0.05) is 6.54 Å². The molecule has 0 fully saturated rings. The van der Waals surface area contributed by atoms with E-state index in [1.807, 2.05) is 29.6 Å². The third kappa shape index (κ3) is 3.50. The summed E-state index contributed by atoms with van der Waals surface area (Å²) < 4.78 is 0. The first-order chi connectivity index (χ1) is 13.1. The molecular formula is C20H17N3O3S. The number of hydrogen-bond acceptors (Lipinski definition) is 5. The second-order valence-electron chi connectivity index (χ2n) is 6.09. The average Bonchev–Trinajstić information content (AvgIpc) is 3.33. The van der Waals surface area contributed by atoms with Gasteiger partial charge in [0.15, 0.2) is 0 Å². The van der Waals surface area contributed by atoms with Crippen LogP contribution in [-0.4, -0.2) is 32.6 Å². The van der Waals surface area contributed by atoms with Crippen molar-refractivity contribution in [1.82, 2.24) is 15.3 Å². The van der Waals surface area contributed by atoms with Crippen LogP contribution in [0.2, 0.25) is 0 Å². The number of amides is 1. The predicted octanol–water partition coefficient (Wildman–Crippen LogP) is 3.68. The maximum Gasteiger partial charge on any atom is 0.253 e. The van der Waals surface area contributed by atoms with E-state index in [-0.39, 0.29) is 17.4 Å². The molecule has 0 aliphatic carbocycles. The van der Waals surface area contributed by atoms with Gasteiger partial charge < -0.3 is 20.5 Å². The second-order valence-corrected chi connectivity index (χ2v) is 7.04. The fourth-order valence-electron chi connectivity index (χ4n) is 2.87. The number of hydrogen-bond donors (Lipinski definition) is 4. The molecule has 0 saturated heterocycles. The van der Waals surface area contributed by atoms with Crippen molar-refractivity contribution in [2.45, 2.75) is 6.42 Å². The molecule has 0 atom stereocenters. The van der Waals surface area contributed by atoms with Gasteiger partial charge in [-0.05, 0) is 47.7 Å². The standard InChI is InChI=1S/C20H17N3O3S/c24-13-5-3-12(4-6-13)9-10-21-20(26)14-7-8-15(25)18-17(14)22-19(23-18)16-2-1-11-27-16/h1-8,11,24-25H,9-10H2,(H,21,26)(H,22,23). The summed E-state index contributed by atoms with van der Waals surface area (Å²) in [6.45, 7) is 0.453. The molecule has 4 N–H and O–H groups in total. The van der Waals surface area contributed by atoms with Crippen molar-refractivity contribution in [3.63, 3.8) is 0 Å². The Morgan fingerprint density at radius 2 is 1.93 bits per heavy atom. The number of rotatable bonds is 5. The Kier molecular flexibility index (Phi) is 4.52. The molecule has 4 rings (SSSR count). The van der Waals surface area contributed by atoms with Gasteiger partial charge in [-0.1, -0.05) is 18.2 Å². The largest absolute Gasteiger partial charge is 0.508 e. The lowest BCUT2D eigenvalue weighted by Crippen LogP contribution is -2.25. The lowest BCUT2D eigenvalue weighted by atomic mass is 10.1. The van der Waals surface area contributed by atoms with E-state index in [2.05, 4.69) is 15.3 Å². The van der Waals surface area contributed by atoms with Crippen molar-refractivity contribution in [2.75, 3.05) is 6.54 Å². The molecule has 2 heterocycles. The molecule has 4 aromatic rings. The third-order valence-corrected chi connectivity index (χ3v) is 5.13. The first-order valence-corrected chi connectivity index (χ1v) is 9.31. The SMILES string of the molecule is O=C(NCCc1ccc(O)cc1)c1ccc(O)c2[nH]c(-c3cccs3)nc12. The molecular weight excluding hydrogens is 362 g/mol. The molecule has 0 spiro atoms. The van der Waals surface area contributed by atoms with E-state index >= 15 is 0 Å². The topological polar surface area (TPSA) is 98.2 Å². The van der Waals surface area contributed by atoms with Crippen molar-refractivity contribution in [1.29, 1.82) is 0 Å². The number of carbonyl (C=O) groups excluding carboxylic acids is 1. The number of carbonyl (C=O) groups is 1. The van der Waals surface area contributed by atoms with E-state index < -0.39 is 0 Å². The zero-order valence-electron chi connectivity index (χ0n) is 14.3. The number of aromatic amines is 1. The van der Waals surface area contributed by atoms with Gasteiger partial charge in [0.05, 0.1) is 10.4 Å². The summed E-state index contributed by atoms with van der Waals surface area (Å²) in [7, 11) is 0. The maximum atomic E-state index is 12.6. The van der Waals surface area contributed by atoms with Gasteiger partial charge in [-0.15, -0.1) is 11.3 Å². The van der Waals surface area contributed by atoms with E-state index in [0.29, 0.717) is 35.4 Å². The smallest absolute Gasteiger partial charge is 0.253 e. The van der Waals surface area contributed by atoms with Crippen LogP contribution in [-0.2, 0) is 6.42 Å². The number of aromatic nitrogens is 2. The second kappa shape index (κ2) is 7.13. The Labute approximate surface area is 159 Å². The molecule has 6 nitrogen and oxygen atoms in total. The lowest BCUT2D eigenvalue weighted by Gasteiger charge is -2.07. The summed E-state index contributed by atoms with van der Waals surface area (Å²) in [5, 5.41) is 24.3. The molecule has 2 aromatic carbocycles. The van der Waals surface area contributed by atoms with Gasteiger partial charge in [-0.3, -0.25) is 4.79 Å². The van der Waals surface area contributed by atoms with Crippen molar-refractivity contribution in [3.05, 3.63) is 65.0 Å². The van der Waals surface area contributed by atoms with Crippen molar-refractivity contribution in [3.8, 4) is 22.2 Å². The van der Waals surface area contributed by atoms with Crippen molar-refractivity contribution >= 4 is 28.3 Å². The number of benzene rings is 2. The minimum atomic E-state index is -0.247. The van der Waals surface area contributed by atoms with E-state index in [9.17, 15) is 15.0 Å². The number of phenols is 2. The lowest BCUT2D eigenvalue weighted by molar-refractivity contribution is 0.0955. The van der Waals surface area contributed by atoms with Crippen LogP contribution in [0.15, 0.2) is 53.9 Å². The van der Waals surface area contributed by atoms with Crippen LogP contribution in [0.25, 0.3) is 21.7 Å². The van der Waals surface area contributed by atoms with Crippen LogP contribution in [0, 0.1) is 0 Å². The number of nitrogens with one attached hydrogen (secondary N) is 2. The van der Waals surface area contributed by atoms with Crippen LogP contribution in [0.3, 0.4) is 0 Å². The summed E-state index contributed by atoms with van der Waals surface area (Å²) in [5.41, 5.74) is 2.32. The highest BCUT2D eigenvalue weighted by atomic mass is 32.1. The average molecular weight is 379 g/mol. The summed E-state index contributed by atoms with van der Waals surface area (Å²) >= 11 is 1.53. The first-order valence-electron chi connectivity index (χ1n) is 8.43. The minimum absolute atomic E-state index is 0.0564. The van der Waals surface area contributed by atoms with Crippen LogP contribution in [0.1, 0.15) is 15.9 Å². The molecule has 0 aliphatic heterocycles. The van der Waals surface area contributed by atoms with Crippen LogP contribution in [0.4, 0.5) is 0 Å². The summed E-state index contributed by atoms with van der Waals surface area (Å²) in [6, 6.07) is 13.8. The number of imidazole rings is 1. The van der Waals surface area contributed by atoms with Crippen LogP contribution >= 0.6 is 11.3 Å². The normalized spacial score (nSPS) is 11.0. The van der Waals surface area contributed by atoms with Gasteiger partial charge in [0.25, 0.3) is 5.91 Å². The third-order valence-electron chi connectivity index (χ3n) is 4.26. The highest BCUT2D eigenvalue weighted by Gasteiger charge is 2.17. The highest BCUT2D eigenvalue weighted by Crippen LogP contribution is 2.30. The van der Waals surface area contributed by atoms with E-state index in [0.717, 1.165) is 10.4 Å². The highest BCUT2D eigenvalue weighted by molar-refractivity contribution is 7.13. The number of aromatic hydroxyl groups is 2. The van der Waals surface area contributed by atoms with E-state index in [4.69, 9.17) is 0 Å². The molecule has 0 saturated carbocycles. The number of fused-ring (bicyclic) bond motifs is 1. The Balaban J connectivity index is 1.54. The van der Waals surface area contributed by atoms with Crippen LogP contribution in [0.5, 0.6) is 11.5 Å². The van der Waals surface area contributed by atoms with Gasteiger partial charge in [-0.2, -0.15) is 0 Å². The van der Waals surface area contributed by atoms with Gasteiger partial charge >= 0.3 is 0 Å². The molecule has 0 unspecified atom stereocenters. The van der Waals surface area contributed by atoms with Crippen molar-refractivity contribution in [2.24, 2.45) is 0 Å². The summed E-state index contributed by atoms with van der Waals surface area (Å²) in [5.74, 6) is 0.651. The van der Waals surface area contributed by atoms with Gasteiger partial charge in [-0.25, -0.2) is 4.98 Å². The number of H-pyrrole nitrogens is 1.